The number of thiazole rings is 1. The first-order chi connectivity index (χ1) is 6.77. The number of aliphatic hydroxyl groups is 1. The first-order valence-electron chi connectivity index (χ1n) is 4.11. The van der Waals surface area contributed by atoms with Crippen molar-refractivity contribution < 1.29 is 5.11 Å². The minimum Gasteiger partial charge on any atom is -0.381 e. The summed E-state index contributed by atoms with van der Waals surface area (Å²) >= 11 is 4.71. The highest BCUT2D eigenvalue weighted by Gasteiger charge is 2.13. The molecule has 0 spiro atoms. The van der Waals surface area contributed by atoms with Gasteiger partial charge in [-0.2, -0.15) is 0 Å². The molecular weight excluding hydrogens is 262 g/mol. The third-order valence-electron chi connectivity index (χ3n) is 1.84. The molecule has 1 aromatic heterocycles. The number of halogens is 1. The summed E-state index contributed by atoms with van der Waals surface area (Å²) in [6.45, 7) is 0. The summed E-state index contributed by atoms with van der Waals surface area (Å²) in [5.74, 6) is 0. The fourth-order valence-corrected chi connectivity index (χ4v) is 2.45. The third kappa shape index (κ3) is 2.03. The molecule has 1 aromatic carbocycles. The van der Waals surface area contributed by atoms with E-state index in [1.165, 1.54) is 11.3 Å². The molecule has 0 aliphatic rings. The molecule has 2 rings (SSSR count). The van der Waals surface area contributed by atoms with Crippen LogP contribution in [0.2, 0.25) is 0 Å². The van der Waals surface area contributed by atoms with E-state index >= 15 is 0 Å². The Morgan fingerprint density at radius 1 is 1.29 bits per heavy atom. The average Bonchev–Trinajstić information content (AvgIpc) is 2.65. The van der Waals surface area contributed by atoms with Crippen molar-refractivity contribution in [3.63, 3.8) is 0 Å². The second-order valence-corrected chi connectivity index (χ2v) is 4.52. The van der Waals surface area contributed by atoms with E-state index in [4.69, 9.17) is 0 Å². The number of nitrogens with zero attached hydrogens (tertiary/aromatic N) is 1. The van der Waals surface area contributed by atoms with Crippen molar-refractivity contribution in [3.05, 3.63) is 50.9 Å². The van der Waals surface area contributed by atoms with E-state index in [0.717, 1.165) is 10.2 Å². The molecule has 1 atom stereocenters. The lowest BCUT2D eigenvalue weighted by molar-refractivity contribution is 0.219. The Labute approximate surface area is 94.4 Å². The molecule has 2 nitrogen and oxygen atoms in total. The standard InChI is InChI=1S/C10H8BrNOS/c11-8-6-14-10(12-8)9(13)7-4-2-1-3-5-7/h1-6,9,13H. The molecule has 1 N–H and O–H groups in total. The summed E-state index contributed by atoms with van der Waals surface area (Å²) in [5.41, 5.74) is 0.870. The largest absolute Gasteiger partial charge is 0.381 e. The van der Waals surface area contributed by atoms with E-state index in [2.05, 4.69) is 20.9 Å². The smallest absolute Gasteiger partial charge is 0.131 e. The van der Waals surface area contributed by atoms with E-state index in [-0.39, 0.29) is 0 Å². The van der Waals surface area contributed by atoms with Gasteiger partial charge in [-0.15, -0.1) is 11.3 Å². The van der Waals surface area contributed by atoms with E-state index < -0.39 is 6.10 Å². The topological polar surface area (TPSA) is 33.1 Å². The Hall–Kier alpha value is -0.710. The first-order valence-corrected chi connectivity index (χ1v) is 5.78. The maximum absolute atomic E-state index is 9.93. The van der Waals surface area contributed by atoms with Gasteiger partial charge in [0.25, 0.3) is 0 Å². The quantitative estimate of drug-likeness (QED) is 0.910. The molecular formula is C10H8BrNOS. The summed E-state index contributed by atoms with van der Waals surface area (Å²) in [6, 6.07) is 9.51. The van der Waals surface area contributed by atoms with Gasteiger partial charge in [0.15, 0.2) is 0 Å². The van der Waals surface area contributed by atoms with Crippen molar-refractivity contribution in [1.82, 2.24) is 4.98 Å². The van der Waals surface area contributed by atoms with Crippen LogP contribution in [0.5, 0.6) is 0 Å². The Morgan fingerprint density at radius 3 is 2.57 bits per heavy atom. The Bertz CT molecular complexity index is 415. The zero-order valence-electron chi connectivity index (χ0n) is 7.22. The summed E-state index contributed by atoms with van der Waals surface area (Å²) < 4.78 is 0.771. The van der Waals surface area contributed by atoms with Crippen molar-refractivity contribution in [2.75, 3.05) is 0 Å². The van der Waals surface area contributed by atoms with Crippen LogP contribution in [0.1, 0.15) is 16.7 Å². The highest BCUT2D eigenvalue weighted by atomic mass is 79.9. The van der Waals surface area contributed by atoms with Crippen LogP contribution in [-0.4, -0.2) is 10.1 Å². The molecule has 72 valence electrons. The average molecular weight is 270 g/mol. The summed E-state index contributed by atoms with van der Waals surface area (Å²) in [4.78, 5) is 4.17. The van der Waals surface area contributed by atoms with Crippen LogP contribution >= 0.6 is 27.3 Å². The van der Waals surface area contributed by atoms with Crippen molar-refractivity contribution in [2.45, 2.75) is 6.10 Å². The van der Waals surface area contributed by atoms with Crippen LogP contribution in [-0.2, 0) is 0 Å². The van der Waals surface area contributed by atoms with E-state index in [1.807, 2.05) is 35.7 Å². The monoisotopic (exact) mass is 269 g/mol. The number of aromatic nitrogens is 1. The normalized spacial score (nSPS) is 12.7. The van der Waals surface area contributed by atoms with Crippen molar-refractivity contribution >= 4 is 27.3 Å². The van der Waals surface area contributed by atoms with Gasteiger partial charge in [0.05, 0.1) is 0 Å². The van der Waals surface area contributed by atoms with Gasteiger partial charge in [0.1, 0.15) is 15.7 Å². The summed E-state index contributed by atoms with van der Waals surface area (Å²) in [6.07, 6.45) is -0.618. The van der Waals surface area contributed by atoms with Crippen LogP contribution in [0.3, 0.4) is 0 Å². The SMILES string of the molecule is OC(c1ccccc1)c1nc(Br)cs1. The molecule has 0 aliphatic heterocycles. The molecule has 2 aromatic rings. The van der Waals surface area contributed by atoms with E-state index in [1.54, 1.807) is 0 Å². The number of hydrogen-bond donors (Lipinski definition) is 1. The molecule has 0 aliphatic carbocycles. The van der Waals surface area contributed by atoms with Gasteiger partial charge in [-0.25, -0.2) is 4.98 Å². The molecule has 4 heteroatoms. The number of aliphatic hydroxyl groups excluding tert-OH is 1. The molecule has 1 heterocycles. The second-order valence-electron chi connectivity index (χ2n) is 2.82. The molecule has 14 heavy (non-hydrogen) atoms. The zero-order valence-corrected chi connectivity index (χ0v) is 9.62. The third-order valence-corrected chi connectivity index (χ3v) is 3.45. The second kappa shape index (κ2) is 4.21. The van der Waals surface area contributed by atoms with Gasteiger partial charge in [-0.3, -0.25) is 0 Å². The molecule has 0 saturated heterocycles. The molecule has 0 amide bonds. The van der Waals surface area contributed by atoms with E-state index in [0.29, 0.717) is 5.01 Å². The first kappa shape index (κ1) is 9.83. The highest BCUT2D eigenvalue weighted by Crippen LogP contribution is 2.26. The molecule has 0 saturated carbocycles. The van der Waals surface area contributed by atoms with Gasteiger partial charge in [-0.1, -0.05) is 30.3 Å². The molecule has 0 radical (unpaired) electrons. The van der Waals surface area contributed by atoms with Gasteiger partial charge < -0.3 is 5.11 Å². The van der Waals surface area contributed by atoms with Crippen LogP contribution < -0.4 is 0 Å². The lowest BCUT2D eigenvalue weighted by atomic mass is 10.1. The Kier molecular flexibility index (Phi) is 2.96. The Balaban J connectivity index is 2.29. The van der Waals surface area contributed by atoms with Crippen LogP contribution in [0, 0.1) is 0 Å². The maximum Gasteiger partial charge on any atom is 0.131 e. The predicted molar refractivity (Wildman–Crippen MR) is 60.3 cm³/mol. The van der Waals surface area contributed by atoms with Gasteiger partial charge in [-0.05, 0) is 21.5 Å². The minimum atomic E-state index is -0.618. The Morgan fingerprint density at radius 2 is 2.00 bits per heavy atom. The van der Waals surface area contributed by atoms with Gasteiger partial charge >= 0.3 is 0 Å². The lowest BCUT2D eigenvalue weighted by Gasteiger charge is -2.06. The maximum atomic E-state index is 9.93. The molecule has 0 bridgehead atoms. The fourth-order valence-electron chi connectivity index (χ4n) is 1.17. The van der Waals surface area contributed by atoms with E-state index in [9.17, 15) is 5.11 Å². The predicted octanol–water partition coefficient (Wildman–Crippen LogP) is 2.99. The number of hydrogen-bond acceptors (Lipinski definition) is 3. The highest BCUT2D eigenvalue weighted by molar-refractivity contribution is 9.10. The molecule has 1 unspecified atom stereocenters. The lowest BCUT2D eigenvalue weighted by Crippen LogP contribution is -1.98. The molecule has 0 fully saturated rings. The van der Waals surface area contributed by atoms with Gasteiger partial charge in [0.2, 0.25) is 0 Å². The number of benzene rings is 1. The summed E-state index contributed by atoms with van der Waals surface area (Å²) in [7, 11) is 0. The zero-order chi connectivity index (χ0) is 9.97. The van der Waals surface area contributed by atoms with Gasteiger partial charge in [0, 0.05) is 5.38 Å². The van der Waals surface area contributed by atoms with Crippen molar-refractivity contribution in [1.29, 1.82) is 0 Å². The fraction of sp³-hybridized carbons (Fsp3) is 0.100. The number of rotatable bonds is 2. The van der Waals surface area contributed by atoms with Crippen LogP contribution in [0.15, 0.2) is 40.3 Å². The minimum absolute atomic E-state index is 0.618. The van der Waals surface area contributed by atoms with Crippen molar-refractivity contribution in [2.24, 2.45) is 0 Å². The van der Waals surface area contributed by atoms with Crippen LogP contribution in [0.25, 0.3) is 0 Å². The summed E-state index contributed by atoms with van der Waals surface area (Å²) in [5, 5.41) is 12.5. The van der Waals surface area contributed by atoms with Crippen molar-refractivity contribution in [3.8, 4) is 0 Å². The van der Waals surface area contributed by atoms with Crippen LogP contribution in [0.4, 0.5) is 0 Å².